The minimum absolute atomic E-state index is 0.558. The number of hydrogen-bond acceptors (Lipinski definition) is 3. The quantitative estimate of drug-likeness (QED) is 0.747. The van der Waals surface area contributed by atoms with Crippen LogP contribution in [0.4, 0.5) is 0 Å². The molecule has 0 aliphatic heterocycles. The van der Waals surface area contributed by atoms with E-state index in [1.807, 2.05) is 23.0 Å². The smallest absolute Gasteiger partial charge is 0.192 e. The molecule has 0 fully saturated rings. The van der Waals surface area contributed by atoms with E-state index in [0.29, 0.717) is 13.2 Å². The highest BCUT2D eigenvalue weighted by molar-refractivity contribution is 14.1. The van der Waals surface area contributed by atoms with Gasteiger partial charge >= 0.3 is 0 Å². The summed E-state index contributed by atoms with van der Waals surface area (Å²) in [4.78, 5) is 0. The summed E-state index contributed by atoms with van der Waals surface area (Å²) in [5.74, 6) is 0.921. The second-order valence-corrected chi connectivity index (χ2v) is 3.98. The predicted octanol–water partition coefficient (Wildman–Crippen LogP) is 3.27. The molecular weight excluding hydrogens is 319 g/mol. The van der Waals surface area contributed by atoms with Gasteiger partial charge in [0.2, 0.25) is 0 Å². The van der Waals surface area contributed by atoms with E-state index in [0.717, 1.165) is 23.3 Å². The predicted molar refractivity (Wildman–Crippen MR) is 71.9 cm³/mol. The zero-order chi connectivity index (χ0) is 12.0. The molecule has 4 heteroatoms. The fourth-order valence-electron chi connectivity index (χ4n) is 1.70. The first-order chi connectivity index (χ1) is 7.76. The molecule has 16 heavy (non-hydrogen) atoms. The van der Waals surface area contributed by atoms with Gasteiger partial charge in [0.1, 0.15) is 5.75 Å². The van der Waals surface area contributed by atoms with Crippen molar-refractivity contribution in [3.05, 3.63) is 28.8 Å². The zero-order valence-corrected chi connectivity index (χ0v) is 12.0. The first-order valence-corrected chi connectivity index (χ1v) is 6.06. The van der Waals surface area contributed by atoms with E-state index >= 15 is 0 Å². The SMILES string of the molecule is CCc1cc(COC)cc(COC)c1OI. The van der Waals surface area contributed by atoms with Crippen molar-refractivity contribution < 1.29 is 12.5 Å². The summed E-state index contributed by atoms with van der Waals surface area (Å²) in [6, 6.07) is 4.19. The molecule has 0 N–H and O–H groups in total. The fraction of sp³-hybridized carbons (Fsp3) is 0.500. The van der Waals surface area contributed by atoms with Gasteiger partial charge in [-0.1, -0.05) is 6.92 Å². The van der Waals surface area contributed by atoms with Crippen molar-refractivity contribution in [2.45, 2.75) is 26.6 Å². The lowest BCUT2D eigenvalue weighted by molar-refractivity contribution is 0.179. The van der Waals surface area contributed by atoms with Crippen molar-refractivity contribution in [3.8, 4) is 5.75 Å². The highest BCUT2D eigenvalue weighted by atomic mass is 127. The van der Waals surface area contributed by atoms with Gasteiger partial charge in [0.15, 0.2) is 23.0 Å². The van der Waals surface area contributed by atoms with Crippen LogP contribution in [0.25, 0.3) is 0 Å². The third-order valence-electron chi connectivity index (χ3n) is 2.37. The Morgan fingerprint density at radius 2 is 1.69 bits per heavy atom. The van der Waals surface area contributed by atoms with Gasteiger partial charge in [-0.3, -0.25) is 0 Å². The van der Waals surface area contributed by atoms with E-state index in [2.05, 4.69) is 19.1 Å². The number of aryl methyl sites for hydroxylation is 1. The molecule has 0 amide bonds. The summed E-state index contributed by atoms with van der Waals surface area (Å²) in [7, 11) is 3.38. The summed E-state index contributed by atoms with van der Waals surface area (Å²) >= 11 is 1.91. The second kappa shape index (κ2) is 7.09. The Bertz CT molecular complexity index is 339. The summed E-state index contributed by atoms with van der Waals surface area (Å²) in [6.45, 7) is 3.29. The average molecular weight is 336 g/mol. The Hall–Kier alpha value is -0.330. The third-order valence-corrected chi connectivity index (χ3v) is 2.81. The molecule has 0 aromatic heterocycles. The molecule has 0 bridgehead atoms. The van der Waals surface area contributed by atoms with Crippen LogP contribution in [0, 0.1) is 0 Å². The van der Waals surface area contributed by atoms with Crippen molar-refractivity contribution in [2.75, 3.05) is 14.2 Å². The van der Waals surface area contributed by atoms with E-state index < -0.39 is 0 Å². The van der Waals surface area contributed by atoms with Gasteiger partial charge in [-0.05, 0) is 29.7 Å². The fourth-order valence-corrected chi connectivity index (χ4v) is 2.27. The maximum atomic E-state index is 5.40. The van der Waals surface area contributed by atoms with Gasteiger partial charge < -0.3 is 12.5 Å². The normalized spacial score (nSPS) is 10.5. The van der Waals surface area contributed by atoms with Gasteiger partial charge in [0.25, 0.3) is 0 Å². The lowest BCUT2D eigenvalue weighted by atomic mass is 10.0. The van der Waals surface area contributed by atoms with Crippen molar-refractivity contribution in [1.29, 1.82) is 0 Å². The van der Waals surface area contributed by atoms with Crippen LogP contribution in [0.1, 0.15) is 23.6 Å². The molecule has 0 heterocycles. The lowest BCUT2D eigenvalue weighted by Crippen LogP contribution is -1.99. The molecule has 0 aliphatic rings. The summed E-state index contributed by atoms with van der Waals surface area (Å²) in [5, 5.41) is 0. The summed E-state index contributed by atoms with van der Waals surface area (Å²) < 4.78 is 15.7. The number of ether oxygens (including phenoxy) is 2. The van der Waals surface area contributed by atoms with Crippen molar-refractivity contribution in [3.63, 3.8) is 0 Å². The van der Waals surface area contributed by atoms with Gasteiger partial charge in [-0.25, -0.2) is 0 Å². The molecule has 0 radical (unpaired) electrons. The Morgan fingerprint density at radius 3 is 2.19 bits per heavy atom. The van der Waals surface area contributed by atoms with Gasteiger partial charge in [-0.15, -0.1) is 0 Å². The molecule has 1 aromatic rings. The minimum atomic E-state index is 0.558. The van der Waals surface area contributed by atoms with Crippen molar-refractivity contribution in [2.24, 2.45) is 0 Å². The summed E-state index contributed by atoms with van der Waals surface area (Å²) in [6.07, 6.45) is 0.937. The van der Waals surface area contributed by atoms with E-state index in [-0.39, 0.29) is 0 Å². The molecule has 0 unspecified atom stereocenters. The molecule has 0 saturated carbocycles. The molecule has 0 spiro atoms. The monoisotopic (exact) mass is 336 g/mol. The molecule has 0 saturated heterocycles. The Kier molecular flexibility index (Phi) is 6.08. The van der Waals surface area contributed by atoms with Crippen LogP contribution in [-0.2, 0) is 29.1 Å². The van der Waals surface area contributed by atoms with Crippen LogP contribution >= 0.6 is 23.0 Å². The first kappa shape index (κ1) is 13.7. The molecule has 0 aliphatic carbocycles. The number of methoxy groups -OCH3 is 2. The minimum Gasteiger partial charge on any atom is -0.427 e. The lowest BCUT2D eigenvalue weighted by Gasteiger charge is -2.13. The molecular formula is C12H17IO3. The Morgan fingerprint density at radius 1 is 1.06 bits per heavy atom. The van der Waals surface area contributed by atoms with Crippen LogP contribution in [-0.4, -0.2) is 14.2 Å². The van der Waals surface area contributed by atoms with E-state index in [1.165, 1.54) is 5.56 Å². The van der Waals surface area contributed by atoms with Crippen LogP contribution in [0.2, 0.25) is 0 Å². The van der Waals surface area contributed by atoms with E-state index in [4.69, 9.17) is 12.5 Å². The molecule has 0 atom stereocenters. The molecule has 3 nitrogen and oxygen atoms in total. The van der Waals surface area contributed by atoms with E-state index in [1.54, 1.807) is 14.2 Å². The van der Waals surface area contributed by atoms with Crippen LogP contribution in [0.5, 0.6) is 5.75 Å². The third kappa shape index (κ3) is 3.33. The van der Waals surface area contributed by atoms with Gasteiger partial charge in [0, 0.05) is 19.8 Å². The Balaban J connectivity index is 3.14. The first-order valence-electron chi connectivity index (χ1n) is 5.17. The van der Waals surface area contributed by atoms with Crippen LogP contribution in [0.3, 0.4) is 0 Å². The van der Waals surface area contributed by atoms with Crippen molar-refractivity contribution >= 4 is 23.0 Å². The highest BCUT2D eigenvalue weighted by Crippen LogP contribution is 2.29. The highest BCUT2D eigenvalue weighted by Gasteiger charge is 2.11. The summed E-state index contributed by atoms with van der Waals surface area (Å²) in [5.41, 5.74) is 3.42. The average Bonchev–Trinajstić information content (AvgIpc) is 2.29. The molecule has 90 valence electrons. The maximum Gasteiger partial charge on any atom is 0.192 e. The molecule has 1 aromatic carbocycles. The standard InChI is InChI=1S/C12H17IO3/c1-4-10-5-9(7-14-2)6-11(8-15-3)12(10)16-13/h5-6H,4,7-8H2,1-3H3. The van der Waals surface area contributed by atoms with Crippen LogP contribution in [0.15, 0.2) is 12.1 Å². The van der Waals surface area contributed by atoms with Gasteiger partial charge in [-0.2, -0.15) is 0 Å². The zero-order valence-electron chi connectivity index (χ0n) is 9.88. The van der Waals surface area contributed by atoms with E-state index in [9.17, 15) is 0 Å². The van der Waals surface area contributed by atoms with Crippen LogP contribution < -0.4 is 3.07 Å². The number of hydrogen-bond donors (Lipinski definition) is 0. The molecule has 1 rings (SSSR count). The van der Waals surface area contributed by atoms with Gasteiger partial charge in [0.05, 0.1) is 13.2 Å². The Labute approximate surface area is 111 Å². The number of halogens is 1. The largest absolute Gasteiger partial charge is 0.427 e. The topological polar surface area (TPSA) is 27.7 Å². The second-order valence-electron chi connectivity index (χ2n) is 3.54. The number of rotatable bonds is 6. The van der Waals surface area contributed by atoms with Crippen molar-refractivity contribution in [1.82, 2.24) is 0 Å². The number of benzene rings is 1. The maximum absolute atomic E-state index is 5.40.